The lowest BCUT2D eigenvalue weighted by atomic mass is 10.1. The molecule has 0 saturated carbocycles. The molecule has 0 unspecified atom stereocenters. The van der Waals surface area contributed by atoms with Crippen molar-refractivity contribution < 1.29 is 5.11 Å². The van der Waals surface area contributed by atoms with E-state index in [1.54, 1.807) is 0 Å². The summed E-state index contributed by atoms with van der Waals surface area (Å²) < 4.78 is 0. The van der Waals surface area contributed by atoms with E-state index in [-0.39, 0.29) is 0 Å². The van der Waals surface area contributed by atoms with E-state index in [1.165, 1.54) is 135 Å². The second-order valence-corrected chi connectivity index (χ2v) is 8.83. The van der Waals surface area contributed by atoms with Crippen molar-refractivity contribution in [3.05, 3.63) is 24.3 Å². The molecule has 1 nitrogen and oxygen atoms in total. The van der Waals surface area contributed by atoms with Crippen LogP contribution in [0.5, 0.6) is 0 Å². The van der Waals surface area contributed by atoms with Gasteiger partial charge >= 0.3 is 0 Å². The number of unbranched alkanes of at least 4 members (excludes halogenated alkanes) is 19. The predicted octanol–water partition coefficient (Wildman–Crippen LogP) is 9.69. The van der Waals surface area contributed by atoms with Gasteiger partial charge in [-0.15, -0.1) is 0 Å². The quantitative estimate of drug-likeness (QED) is 0.125. The second kappa shape index (κ2) is 27.4. The zero-order valence-corrected chi connectivity index (χ0v) is 20.0. The fourth-order valence-corrected chi connectivity index (χ4v) is 3.83. The van der Waals surface area contributed by atoms with Crippen LogP contribution in [-0.4, -0.2) is 11.7 Å². The summed E-state index contributed by atoms with van der Waals surface area (Å²) in [5.41, 5.74) is 0. The molecule has 0 radical (unpaired) electrons. The lowest BCUT2D eigenvalue weighted by molar-refractivity contribution is 0.282. The highest BCUT2D eigenvalue weighted by Crippen LogP contribution is 2.11. The lowest BCUT2D eigenvalue weighted by Gasteiger charge is -2.00. The van der Waals surface area contributed by atoms with Gasteiger partial charge in [-0.25, -0.2) is 0 Å². The van der Waals surface area contributed by atoms with Gasteiger partial charge in [-0.3, -0.25) is 0 Å². The maximum absolute atomic E-state index is 8.74. The number of allylic oxidation sites excluding steroid dienone is 4. The van der Waals surface area contributed by atoms with Gasteiger partial charge in [0.1, 0.15) is 0 Å². The summed E-state index contributed by atoms with van der Waals surface area (Å²) in [4.78, 5) is 0. The van der Waals surface area contributed by atoms with E-state index >= 15 is 0 Å². The minimum atomic E-state index is 0.363. The summed E-state index contributed by atoms with van der Waals surface area (Å²) in [6.07, 6.45) is 39.1. The molecule has 0 aromatic carbocycles. The monoisotopic (exact) mass is 406 g/mol. The Kier molecular flexibility index (Phi) is 26.9. The Balaban J connectivity index is 3.12. The summed E-state index contributed by atoms with van der Waals surface area (Å²) >= 11 is 0. The van der Waals surface area contributed by atoms with Crippen LogP contribution in [0.2, 0.25) is 0 Å². The first-order valence-corrected chi connectivity index (χ1v) is 13.3. The number of hydrogen-bond donors (Lipinski definition) is 1. The predicted molar refractivity (Wildman–Crippen MR) is 133 cm³/mol. The smallest absolute Gasteiger partial charge is 0.0431 e. The van der Waals surface area contributed by atoms with Gasteiger partial charge in [0.25, 0.3) is 0 Å². The largest absolute Gasteiger partial charge is 0.396 e. The Labute approximate surface area is 184 Å². The van der Waals surface area contributed by atoms with E-state index in [4.69, 9.17) is 5.11 Å². The molecule has 0 rings (SSSR count). The first-order valence-electron chi connectivity index (χ1n) is 13.3. The molecule has 0 heterocycles. The van der Waals surface area contributed by atoms with Gasteiger partial charge in [-0.2, -0.15) is 0 Å². The van der Waals surface area contributed by atoms with Crippen LogP contribution in [0.3, 0.4) is 0 Å². The zero-order chi connectivity index (χ0) is 21.1. The second-order valence-electron chi connectivity index (χ2n) is 8.83. The molecule has 0 aliphatic heterocycles. The maximum Gasteiger partial charge on any atom is 0.0431 e. The van der Waals surface area contributed by atoms with Gasteiger partial charge in [0.05, 0.1) is 0 Å². The fourth-order valence-electron chi connectivity index (χ4n) is 3.83. The molecule has 0 fully saturated rings. The van der Waals surface area contributed by atoms with Crippen molar-refractivity contribution in [2.75, 3.05) is 6.61 Å². The van der Waals surface area contributed by atoms with Crippen molar-refractivity contribution in [2.24, 2.45) is 0 Å². The highest BCUT2D eigenvalue weighted by molar-refractivity contribution is 4.82. The summed E-state index contributed by atoms with van der Waals surface area (Å²) in [6.45, 7) is 2.65. The Morgan fingerprint density at radius 3 is 0.966 bits per heavy atom. The average molecular weight is 407 g/mol. The van der Waals surface area contributed by atoms with Crippen LogP contribution in [0.25, 0.3) is 0 Å². The van der Waals surface area contributed by atoms with Crippen LogP contribution >= 0.6 is 0 Å². The third-order valence-corrected chi connectivity index (χ3v) is 5.83. The summed E-state index contributed by atoms with van der Waals surface area (Å²) in [7, 11) is 0. The molecular weight excluding hydrogens is 352 g/mol. The fraction of sp³-hybridized carbons (Fsp3) is 0.857. The van der Waals surface area contributed by atoms with Crippen LogP contribution in [0.15, 0.2) is 24.3 Å². The molecule has 1 N–H and O–H groups in total. The minimum absolute atomic E-state index is 0.363. The third kappa shape index (κ3) is 27.4. The van der Waals surface area contributed by atoms with Crippen molar-refractivity contribution in [3.63, 3.8) is 0 Å². The van der Waals surface area contributed by atoms with Gasteiger partial charge in [0.15, 0.2) is 0 Å². The molecule has 0 amide bonds. The molecule has 0 bridgehead atoms. The van der Waals surface area contributed by atoms with Crippen molar-refractivity contribution >= 4 is 0 Å². The first-order chi connectivity index (χ1) is 14.4. The summed E-state index contributed by atoms with van der Waals surface area (Å²) in [5.74, 6) is 0. The van der Waals surface area contributed by atoms with Gasteiger partial charge in [-0.05, 0) is 57.8 Å². The van der Waals surface area contributed by atoms with Crippen LogP contribution < -0.4 is 0 Å². The third-order valence-electron chi connectivity index (χ3n) is 5.83. The standard InChI is InChI=1S/C28H54O/c1-2-3-4-5-6-7-8-9-10-11-12-13-14-15-16-17-18-19-20-21-22-23-24-25-26-27-28-29/h9-10,18-19,29H,2-8,11-17,20-28H2,1H3/b10-9+,19-18+. The Bertz CT molecular complexity index is 331. The molecular formula is C28H54O. The topological polar surface area (TPSA) is 20.2 Å². The van der Waals surface area contributed by atoms with Crippen LogP contribution in [0.4, 0.5) is 0 Å². The van der Waals surface area contributed by atoms with Crippen LogP contribution in [-0.2, 0) is 0 Å². The molecule has 0 spiro atoms. The minimum Gasteiger partial charge on any atom is -0.396 e. The molecule has 0 aliphatic rings. The molecule has 0 aromatic rings. The highest BCUT2D eigenvalue weighted by atomic mass is 16.2. The number of hydrogen-bond acceptors (Lipinski definition) is 1. The number of rotatable bonds is 24. The van der Waals surface area contributed by atoms with Gasteiger partial charge < -0.3 is 5.11 Å². The molecule has 29 heavy (non-hydrogen) atoms. The number of aliphatic hydroxyl groups excluding tert-OH is 1. The van der Waals surface area contributed by atoms with Crippen molar-refractivity contribution in [1.82, 2.24) is 0 Å². The molecule has 0 aliphatic carbocycles. The van der Waals surface area contributed by atoms with Crippen LogP contribution in [0, 0.1) is 0 Å². The van der Waals surface area contributed by atoms with Gasteiger partial charge in [0, 0.05) is 6.61 Å². The first kappa shape index (κ1) is 28.4. The molecule has 172 valence electrons. The van der Waals surface area contributed by atoms with Gasteiger partial charge in [0.2, 0.25) is 0 Å². The average Bonchev–Trinajstić information content (AvgIpc) is 2.74. The normalized spacial score (nSPS) is 11.9. The maximum atomic E-state index is 8.74. The Hall–Kier alpha value is -0.560. The number of aliphatic hydroxyl groups is 1. The van der Waals surface area contributed by atoms with Crippen molar-refractivity contribution in [3.8, 4) is 0 Å². The van der Waals surface area contributed by atoms with E-state index in [0.29, 0.717) is 6.61 Å². The van der Waals surface area contributed by atoms with E-state index in [2.05, 4.69) is 31.2 Å². The highest BCUT2D eigenvalue weighted by Gasteiger charge is 1.92. The lowest BCUT2D eigenvalue weighted by Crippen LogP contribution is -1.84. The van der Waals surface area contributed by atoms with E-state index in [9.17, 15) is 0 Å². The Morgan fingerprint density at radius 1 is 0.379 bits per heavy atom. The van der Waals surface area contributed by atoms with E-state index < -0.39 is 0 Å². The molecule has 0 atom stereocenters. The summed E-state index contributed by atoms with van der Waals surface area (Å²) in [5, 5.41) is 8.74. The van der Waals surface area contributed by atoms with Crippen molar-refractivity contribution in [2.45, 2.75) is 148 Å². The molecule has 1 heteroatoms. The van der Waals surface area contributed by atoms with E-state index in [1.807, 2.05) is 0 Å². The molecule has 0 saturated heterocycles. The van der Waals surface area contributed by atoms with Gasteiger partial charge in [-0.1, -0.05) is 115 Å². The molecule has 0 aromatic heterocycles. The van der Waals surface area contributed by atoms with Crippen molar-refractivity contribution in [1.29, 1.82) is 0 Å². The zero-order valence-electron chi connectivity index (χ0n) is 20.0. The SMILES string of the molecule is CCCCCCCC/C=C/CCCCCCC/C=C/CCCCCCCCCO. The van der Waals surface area contributed by atoms with Crippen LogP contribution in [0.1, 0.15) is 148 Å². The van der Waals surface area contributed by atoms with E-state index in [0.717, 1.165) is 6.42 Å². The Morgan fingerprint density at radius 2 is 0.655 bits per heavy atom. The summed E-state index contributed by atoms with van der Waals surface area (Å²) in [6, 6.07) is 0.